The number of benzene rings is 2. The van der Waals surface area contributed by atoms with Crippen LogP contribution in [0.25, 0.3) is 10.9 Å². The minimum absolute atomic E-state index is 0.0165. The molecule has 38 heavy (non-hydrogen) atoms. The van der Waals surface area contributed by atoms with Gasteiger partial charge in [-0.25, -0.2) is 4.98 Å². The maximum absolute atomic E-state index is 13.3. The summed E-state index contributed by atoms with van der Waals surface area (Å²) in [6, 6.07) is 14.9. The quantitative estimate of drug-likeness (QED) is 0.294. The molecule has 1 aliphatic heterocycles. The van der Waals surface area contributed by atoms with Crippen LogP contribution in [0.2, 0.25) is 0 Å². The average Bonchev–Trinajstić information content (AvgIpc) is 3.20. The van der Waals surface area contributed by atoms with Crippen molar-refractivity contribution in [2.24, 2.45) is 0 Å². The summed E-state index contributed by atoms with van der Waals surface area (Å²) in [6.45, 7) is 8.35. The Morgan fingerprint density at radius 2 is 1.76 bits per heavy atom. The van der Waals surface area contributed by atoms with Crippen LogP contribution in [-0.2, 0) is 9.53 Å². The van der Waals surface area contributed by atoms with E-state index in [1.54, 1.807) is 6.07 Å². The molecule has 1 saturated heterocycles. The molecule has 0 aliphatic carbocycles. The molecule has 0 atom stereocenters. The van der Waals surface area contributed by atoms with Gasteiger partial charge in [-0.05, 0) is 62.2 Å². The number of aromatic nitrogens is 3. The Labute approximate surface area is 220 Å². The van der Waals surface area contributed by atoms with Gasteiger partial charge in [0.2, 0.25) is 11.9 Å². The highest BCUT2D eigenvalue weighted by Crippen LogP contribution is 2.25. The molecule has 10 nitrogen and oxygen atoms in total. The average molecular weight is 514 g/mol. The predicted octanol–water partition coefficient (Wildman–Crippen LogP) is 4.02. The number of hydrogen-bond acceptors (Lipinski definition) is 7. The molecule has 0 unspecified atom stereocenters. The predicted molar refractivity (Wildman–Crippen MR) is 149 cm³/mol. The van der Waals surface area contributed by atoms with E-state index in [0.717, 1.165) is 33.4 Å². The van der Waals surface area contributed by atoms with Gasteiger partial charge >= 0.3 is 0 Å². The van der Waals surface area contributed by atoms with E-state index >= 15 is 0 Å². The number of anilines is 4. The Hall–Kier alpha value is -4.44. The molecule has 1 aliphatic rings. The van der Waals surface area contributed by atoms with Gasteiger partial charge in [-0.2, -0.15) is 4.98 Å². The van der Waals surface area contributed by atoms with Gasteiger partial charge in [0.1, 0.15) is 11.5 Å². The van der Waals surface area contributed by atoms with Crippen LogP contribution in [0.4, 0.5) is 23.1 Å². The van der Waals surface area contributed by atoms with Gasteiger partial charge in [0.05, 0.1) is 19.8 Å². The number of carbonyl (C=O) groups excluding carboxylic acids is 2. The van der Waals surface area contributed by atoms with Crippen LogP contribution in [0.5, 0.6) is 0 Å². The molecular formula is C28H31N7O3. The lowest BCUT2D eigenvalue weighted by atomic mass is 10.1. The van der Waals surface area contributed by atoms with Crippen molar-refractivity contribution in [1.29, 1.82) is 0 Å². The largest absolute Gasteiger partial charge is 0.378 e. The van der Waals surface area contributed by atoms with Crippen molar-refractivity contribution >= 4 is 45.9 Å². The molecule has 3 heterocycles. The summed E-state index contributed by atoms with van der Waals surface area (Å²) >= 11 is 0. The first kappa shape index (κ1) is 25.2. The van der Waals surface area contributed by atoms with Crippen LogP contribution in [0.15, 0.2) is 48.5 Å². The van der Waals surface area contributed by atoms with Crippen molar-refractivity contribution in [2.75, 3.05) is 53.7 Å². The molecule has 196 valence electrons. The summed E-state index contributed by atoms with van der Waals surface area (Å²) in [5.74, 6) is 0.214. The monoisotopic (exact) mass is 513 g/mol. The van der Waals surface area contributed by atoms with Crippen molar-refractivity contribution in [3.8, 4) is 0 Å². The maximum atomic E-state index is 13.3. The van der Waals surface area contributed by atoms with Crippen LogP contribution >= 0.6 is 0 Å². The van der Waals surface area contributed by atoms with Crippen LogP contribution < -0.4 is 20.9 Å². The highest BCUT2D eigenvalue weighted by Gasteiger charge is 2.19. The number of fused-ring (bicyclic) bond motifs is 1. The van der Waals surface area contributed by atoms with Gasteiger partial charge in [0.15, 0.2) is 0 Å². The molecule has 10 heteroatoms. The van der Waals surface area contributed by atoms with Crippen molar-refractivity contribution in [3.05, 3.63) is 71.0 Å². The van der Waals surface area contributed by atoms with E-state index in [9.17, 15) is 9.59 Å². The normalized spacial score (nSPS) is 13.4. The van der Waals surface area contributed by atoms with Crippen LogP contribution in [0, 0.1) is 20.8 Å². The van der Waals surface area contributed by atoms with E-state index in [4.69, 9.17) is 4.74 Å². The Kier molecular flexibility index (Phi) is 7.23. The van der Waals surface area contributed by atoms with Crippen molar-refractivity contribution in [2.45, 2.75) is 20.8 Å². The molecule has 0 radical (unpaired) electrons. The SMILES string of the molecule is Cc1cccc(NC(=O)CNc2cc(C(=O)Nc3ccc4[nH]c(C)c(C)c4c3)nc(N3CCOCC3)n2)c1. The Balaban J connectivity index is 1.35. The lowest BCUT2D eigenvalue weighted by Crippen LogP contribution is -2.38. The van der Waals surface area contributed by atoms with Crippen molar-refractivity contribution in [1.82, 2.24) is 15.0 Å². The smallest absolute Gasteiger partial charge is 0.274 e. The minimum atomic E-state index is -0.363. The number of ether oxygens (including phenoxy) is 1. The summed E-state index contributed by atoms with van der Waals surface area (Å²) in [5, 5.41) is 9.92. The number of nitrogens with one attached hydrogen (secondary N) is 4. The van der Waals surface area contributed by atoms with E-state index in [1.165, 1.54) is 0 Å². The van der Waals surface area contributed by atoms with E-state index in [1.807, 2.05) is 68.1 Å². The number of H-pyrrole nitrogens is 1. The van der Waals surface area contributed by atoms with E-state index in [-0.39, 0.29) is 24.1 Å². The first-order chi connectivity index (χ1) is 18.4. The van der Waals surface area contributed by atoms with Crippen molar-refractivity contribution in [3.63, 3.8) is 0 Å². The number of aryl methyl sites for hydroxylation is 3. The van der Waals surface area contributed by atoms with Gasteiger partial charge < -0.3 is 30.6 Å². The van der Waals surface area contributed by atoms with Crippen LogP contribution in [0.1, 0.15) is 27.3 Å². The van der Waals surface area contributed by atoms with E-state index in [0.29, 0.717) is 43.8 Å². The third kappa shape index (κ3) is 5.76. The number of carbonyl (C=O) groups is 2. The highest BCUT2D eigenvalue weighted by molar-refractivity contribution is 6.04. The Bertz CT molecular complexity index is 1490. The third-order valence-corrected chi connectivity index (χ3v) is 6.54. The van der Waals surface area contributed by atoms with Gasteiger partial charge in [0, 0.05) is 47.1 Å². The maximum Gasteiger partial charge on any atom is 0.274 e. The molecule has 4 N–H and O–H groups in total. The molecule has 2 amide bonds. The zero-order valence-electron chi connectivity index (χ0n) is 21.7. The minimum Gasteiger partial charge on any atom is -0.378 e. The molecule has 4 aromatic rings. The molecule has 2 aromatic heterocycles. The molecule has 1 fully saturated rings. The van der Waals surface area contributed by atoms with Gasteiger partial charge in [-0.3, -0.25) is 9.59 Å². The fourth-order valence-corrected chi connectivity index (χ4v) is 4.38. The van der Waals surface area contributed by atoms with Crippen LogP contribution in [0.3, 0.4) is 0 Å². The molecule has 0 bridgehead atoms. The standard InChI is InChI=1S/C28H31N7O3/c1-17-5-4-6-20(13-17)31-26(36)16-29-25-15-24(33-28(34-25)35-9-11-38-12-10-35)27(37)32-21-7-8-23-22(14-21)18(2)19(3)30-23/h4-8,13-15,30H,9-12,16H2,1-3H3,(H,31,36)(H,32,37)(H,29,33,34). The number of amides is 2. The molecule has 0 saturated carbocycles. The van der Waals surface area contributed by atoms with Gasteiger partial charge in [-0.1, -0.05) is 12.1 Å². The summed E-state index contributed by atoms with van der Waals surface area (Å²) < 4.78 is 5.45. The summed E-state index contributed by atoms with van der Waals surface area (Å²) in [4.78, 5) is 40.3. The first-order valence-corrected chi connectivity index (χ1v) is 12.6. The fourth-order valence-electron chi connectivity index (χ4n) is 4.38. The second-order valence-corrected chi connectivity index (χ2v) is 9.40. The Morgan fingerprint density at radius 1 is 0.974 bits per heavy atom. The van der Waals surface area contributed by atoms with E-state index in [2.05, 4.69) is 30.9 Å². The lowest BCUT2D eigenvalue weighted by molar-refractivity contribution is -0.114. The second-order valence-electron chi connectivity index (χ2n) is 9.40. The topological polar surface area (TPSA) is 124 Å². The first-order valence-electron chi connectivity index (χ1n) is 12.6. The lowest BCUT2D eigenvalue weighted by Gasteiger charge is -2.27. The summed E-state index contributed by atoms with van der Waals surface area (Å²) in [6.07, 6.45) is 0. The number of rotatable bonds is 7. The molecule has 5 rings (SSSR count). The van der Waals surface area contributed by atoms with Crippen molar-refractivity contribution < 1.29 is 14.3 Å². The summed E-state index contributed by atoms with van der Waals surface area (Å²) in [5.41, 5.74) is 5.90. The number of morpholine rings is 1. The molecule has 0 spiro atoms. The third-order valence-electron chi connectivity index (χ3n) is 6.54. The van der Waals surface area contributed by atoms with Gasteiger partial charge in [0.25, 0.3) is 5.91 Å². The second kappa shape index (κ2) is 10.9. The molecule has 2 aromatic carbocycles. The zero-order valence-corrected chi connectivity index (χ0v) is 21.7. The number of aromatic amines is 1. The van der Waals surface area contributed by atoms with E-state index < -0.39 is 0 Å². The number of nitrogens with zero attached hydrogens (tertiary/aromatic N) is 3. The number of hydrogen-bond donors (Lipinski definition) is 4. The Morgan fingerprint density at radius 3 is 2.55 bits per heavy atom. The molecular weight excluding hydrogens is 482 g/mol. The zero-order chi connectivity index (χ0) is 26.6. The van der Waals surface area contributed by atoms with Gasteiger partial charge in [-0.15, -0.1) is 0 Å². The fraction of sp³-hybridized carbons (Fsp3) is 0.286. The highest BCUT2D eigenvalue weighted by atomic mass is 16.5. The van der Waals surface area contributed by atoms with Crippen LogP contribution in [-0.4, -0.2) is 59.6 Å². The summed E-state index contributed by atoms with van der Waals surface area (Å²) in [7, 11) is 0.